The summed E-state index contributed by atoms with van der Waals surface area (Å²) in [6.45, 7) is 0.706. The summed E-state index contributed by atoms with van der Waals surface area (Å²) in [5.74, 6) is 1.31. The van der Waals surface area contributed by atoms with Crippen LogP contribution in [0.4, 0.5) is 0 Å². The van der Waals surface area contributed by atoms with Crippen molar-refractivity contribution in [1.82, 2.24) is 10.1 Å². The van der Waals surface area contributed by atoms with Crippen molar-refractivity contribution in [3.8, 4) is 11.3 Å². The van der Waals surface area contributed by atoms with E-state index in [-0.39, 0.29) is 11.9 Å². The second-order valence-electron chi connectivity index (χ2n) is 5.61. The normalized spacial score (nSPS) is 17.6. The Labute approximate surface area is 133 Å². The average molecular weight is 308 g/mol. The van der Waals surface area contributed by atoms with E-state index in [2.05, 4.69) is 5.16 Å². The topological polar surface area (TPSA) is 59.5 Å². The van der Waals surface area contributed by atoms with Gasteiger partial charge in [-0.25, -0.2) is 0 Å². The van der Waals surface area contributed by atoms with Crippen LogP contribution in [-0.2, 0) is 0 Å². The molecule has 0 saturated carbocycles. The van der Waals surface area contributed by atoms with Crippen LogP contribution in [-0.4, -0.2) is 22.5 Å². The standard InChI is InChI=1S/C18H16N2O3/c21-18(20-10-4-8-15(20)16-9-5-11-22-16)14-12-17(23-19-14)13-6-2-1-3-7-13/h1-3,5-7,9,11-12,15H,4,8,10H2. The largest absolute Gasteiger partial charge is 0.467 e. The molecule has 1 atom stereocenters. The third-order valence-electron chi connectivity index (χ3n) is 4.17. The van der Waals surface area contributed by atoms with Crippen molar-refractivity contribution in [3.05, 3.63) is 66.2 Å². The van der Waals surface area contributed by atoms with Crippen LogP contribution in [0.3, 0.4) is 0 Å². The van der Waals surface area contributed by atoms with Crippen LogP contribution in [0.5, 0.6) is 0 Å². The van der Waals surface area contributed by atoms with Crippen LogP contribution in [0.2, 0.25) is 0 Å². The molecule has 0 radical (unpaired) electrons. The van der Waals surface area contributed by atoms with Gasteiger partial charge in [0, 0.05) is 18.2 Å². The third kappa shape index (κ3) is 2.54. The fourth-order valence-electron chi connectivity index (χ4n) is 3.05. The van der Waals surface area contributed by atoms with Crippen molar-refractivity contribution in [3.63, 3.8) is 0 Å². The first-order chi connectivity index (χ1) is 11.3. The van der Waals surface area contributed by atoms with Crippen LogP contribution in [0.15, 0.2) is 63.7 Å². The Kier molecular flexibility index (Phi) is 3.46. The van der Waals surface area contributed by atoms with Gasteiger partial charge in [-0.1, -0.05) is 35.5 Å². The minimum Gasteiger partial charge on any atom is -0.467 e. The smallest absolute Gasteiger partial charge is 0.276 e. The molecule has 1 aromatic carbocycles. The zero-order valence-corrected chi connectivity index (χ0v) is 12.5. The molecule has 4 rings (SSSR count). The van der Waals surface area contributed by atoms with Gasteiger partial charge in [0.05, 0.1) is 12.3 Å². The number of rotatable bonds is 3. The first-order valence-electron chi connectivity index (χ1n) is 7.69. The van der Waals surface area contributed by atoms with E-state index in [1.165, 1.54) is 0 Å². The van der Waals surface area contributed by atoms with Crippen LogP contribution in [0.1, 0.15) is 35.1 Å². The minimum absolute atomic E-state index is 0.0191. The van der Waals surface area contributed by atoms with Gasteiger partial charge in [0.1, 0.15) is 5.76 Å². The fraction of sp³-hybridized carbons (Fsp3) is 0.222. The summed E-state index contributed by atoms with van der Waals surface area (Å²) < 4.78 is 10.8. The molecule has 1 fully saturated rings. The van der Waals surface area contributed by atoms with Gasteiger partial charge < -0.3 is 13.8 Å². The number of likely N-dealkylation sites (tertiary alicyclic amines) is 1. The summed E-state index contributed by atoms with van der Waals surface area (Å²) in [4.78, 5) is 14.6. The third-order valence-corrected chi connectivity index (χ3v) is 4.17. The molecule has 0 N–H and O–H groups in total. The molecule has 0 bridgehead atoms. The molecule has 0 aliphatic carbocycles. The molecular weight excluding hydrogens is 292 g/mol. The molecule has 2 aromatic heterocycles. The van der Waals surface area contributed by atoms with Crippen LogP contribution < -0.4 is 0 Å². The zero-order valence-electron chi connectivity index (χ0n) is 12.5. The SMILES string of the molecule is O=C(c1cc(-c2ccccc2)on1)N1CCCC1c1ccco1. The van der Waals surface area contributed by atoms with Gasteiger partial charge in [-0.2, -0.15) is 0 Å². The van der Waals surface area contributed by atoms with Crippen molar-refractivity contribution in [2.45, 2.75) is 18.9 Å². The first-order valence-corrected chi connectivity index (χ1v) is 7.69. The molecule has 1 saturated heterocycles. The Hall–Kier alpha value is -2.82. The number of furan rings is 1. The highest BCUT2D eigenvalue weighted by atomic mass is 16.5. The zero-order chi connectivity index (χ0) is 15.6. The summed E-state index contributed by atoms with van der Waals surface area (Å²) in [5.41, 5.74) is 1.24. The minimum atomic E-state index is -0.116. The average Bonchev–Trinajstić information content (AvgIpc) is 3.34. The fourth-order valence-corrected chi connectivity index (χ4v) is 3.05. The van der Waals surface area contributed by atoms with Crippen molar-refractivity contribution < 1.29 is 13.7 Å². The highest BCUT2D eigenvalue weighted by Gasteiger charge is 2.33. The van der Waals surface area contributed by atoms with Gasteiger partial charge in [-0.3, -0.25) is 4.79 Å². The molecule has 5 heteroatoms. The predicted molar refractivity (Wildman–Crippen MR) is 83.7 cm³/mol. The van der Waals surface area contributed by atoms with Crippen LogP contribution >= 0.6 is 0 Å². The van der Waals surface area contributed by atoms with Gasteiger partial charge in [0.15, 0.2) is 11.5 Å². The molecule has 116 valence electrons. The number of hydrogen-bond donors (Lipinski definition) is 0. The van der Waals surface area contributed by atoms with E-state index in [0.717, 1.165) is 24.2 Å². The predicted octanol–water partition coefficient (Wildman–Crippen LogP) is 3.91. The Morgan fingerprint density at radius 1 is 1.17 bits per heavy atom. The van der Waals surface area contributed by atoms with Crippen molar-refractivity contribution >= 4 is 5.91 Å². The molecule has 1 aliphatic heterocycles. The lowest BCUT2D eigenvalue weighted by Crippen LogP contribution is -2.30. The summed E-state index contributed by atoms with van der Waals surface area (Å²) in [5, 5.41) is 3.96. The Balaban J connectivity index is 1.59. The van der Waals surface area contributed by atoms with E-state index in [1.807, 2.05) is 47.4 Å². The number of benzene rings is 1. The Bertz CT molecular complexity index is 793. The molecule has 0 spiro atoms. The molecule has 1 unspecified atom stereocenters. The number of amides is 1. The maximum atomic E-state index is 12.8. The molecular formula is C18H16N2O3. The Morgan fingerprint density at radius 3 is 2.83 bits per heavy atom. The van der Waals surface area contributed by atoms with E-state index in [4.69, 9.17) is 8.94 Å². The van der Waals surface area contributed by atoms with Gasteiger partial charge in [0.25, 0.3) is 5.91 Å². The highest BCUT2D eigenvalue weighted by molar-refractivity contribution is 5.93. The summed E-state index contributed by atoms with van der Waals surface area (Å²) >= 11 is 0. The van der Waals surface area contributed by atoms with Crippen LogP contribution in [0.25, 0.3) is 11.3 Å². The molecule has 3 aromatic rings. The lowest BCUT2D eigenvalue weighted by molar-refractivity contribution is 0.0709. The molecule has 3 heterocycles. The summed E-state index contributed by atoms with van der Waals surface area (Å²) in [7, 11) is 0. The second kappa shape index (κ2) is 5.76. The van der Waals surface area contributed by atoms with Crippen LogP contribution in [0, 0.1) is 0 Å². The van der Waals surface area contributed by atoms with Gasteiger partial charge >= 0.3 is 0 Å². The maximum absolute atomic E-state index is 12.8. The van der Waals surface area contributed by atoms with E-state index in [0.29, 0.717) is 18.0 Å². The summed E-state index contributed by atoms with van der Waals surface area (Å²) in [6.07, 6.45) is 3.50. The molecule has 5 nitrogen and oxygen atoms in total. The van der Waals surface area contributed by atoms with Crippen molar-refractivity contribution in [2.75, 3.05) is 6.54 Å². The van der Waals surface area contributed by atoms with Gasteiger partial charge in [-0.05, 0) is 25.0 Å². The molecule has 1 amide bonds. The maximum Gasteiger partial charge on any atom is 0.276 e. The Morgan fingerprint density at radius 2 is 2.04 bits per heavy atom. The van der Waals surface area contributed by atoms with Gasteiger partial charge in [-0.15, -0.1) is 0 Å². The number of hydrogen-bond acceptors (Lipinski definition) is 4. The number of nitrogens with zero attached hydrogens (tertiary/aromatic N) is 2. The second-order valence-corrected chi connectivity index (χ2v) is 5.61. The number of aromatic nitrogens is 1. The summed E-state index contributed by atoms with van der Waals surface area (Å²) in [6, 6.07) is 15.1. The molecule has 23 heavy (non-hydrogen) atoms. The number of carbonyl (C=O) groups excluding carboxylic acids is 1. The lowest BCUT2D eigenvalue weighted by atomic mass is 10.1. The number of carbonyl (C=O) groups is 1. The van der Waals surface area contributed by atoms with E-state index >= 15 is 0 Å². The van der Waals surface area contributed by atoms with E-state index in [1.54, 1.807) is 12.3 Å². The van der Waals surface area contributed by atoms with Crippen molar-refractivity contribution in [1.29, 1.82) is 0 Å². The highest BCUT2D eigenvalue weighted by Crippen LogP contribution is 2.33. The first kappa shape index (κ1) is 13.8. The monoisotopic (exact) mass is 308 g/mol. The van der Waals surface area contributed by atoms with E-state index < -0.39 is 0 Å². The molecule has 1 aliphatic rings. The quantitative estimate of drug-likeness (QED) is 0.736. The van der Waals surface area contributed by atoms with Gasteiger partial charge in [0.2, 0.25) is 0 Å². The van der Waals surface area contributed by atoms with Crippen molar-refractivity contribution in [2.24, 2.45) is 0 Å². The lowest BCUT2D eigenvalue weighted by Gasteiger charge is -2.21. The van der Waals surface area contributed by atoms with E-state index in [9.17, 15) is 4.79 Å².